The molecule has 1 nitrogen and oxygen atoms in total. The lowest BCUT2D eigenvalue weighted by Crippen LogP contribution is -2.40. The van der Waals surface area contributed by atoms with Gasteiger partial charge < -0.3 is 5.11 Å². The summed E-state index contributed by atoms with van der Waals surface area (Å²) in [5, 5.41) is 9.33. The van der Waals surface area contributed by atoms with Crippen molar-refractivity contribution < 1.29 is 5.11 Å². The van der Waals surface area contributed by atoms with E-state index in [4.69, 9.17) is 0 Å². The number of benzene rings is 1. The minimum atomic E-state index is 0.0921. The first-order valence-corrected chi connectivity index (χ1v) is 5.99. The maximum Gasteiger partial charge on any atom is 0.115 e. The number of hydrogen-bond acceptors (Lipinski definition) is 1. The molecule has 0 aliphatic heterocycles. The molecule has 0 spiro atoms. The van der Waals surface area contributed by atoms with Crippen molar-refractivity contribution in [2.75, 3.05) is 0 Å². The highest BCUT2D eigenvalue weighted by Gasteiger charge is 2.40. The summed E-state index contributed by atoms with van der Waals surface area (Å²) < 4.78 is 0. The zero-order chi connectivity index (χ0) is 12.6. The summed E-state index contributed by atoms with van der Waals surface area (Å²) in [7, 11) is 0. The molecule has 0 saturated heterocycles. The van der Waals surface area contributed by atoms with Gasteiger partial charge in [0.05, 0.1) is 0 Å². The number of phenolic OH excluding ortho intramolecular Hbond substituents is 1. The van der Waals surface area contributed by atoms with Crippen LogP contribution in [0.1, 0.15) is 47.1 Å². The molecule has 90 valence electrons. The quantitative estimate of drug-likeness (QED) is 0.802. The average molecular weight is 220 g/mol. The predicted molar refractivity (Wildman–Crippen MR) is 69.8 cm³/mol. The normalized spacial score (nSPS) is 13.2. The lowest BCUT2D eigenvalue weighted by molar-refractivity contribution is 0.126. The monoisotopic (exact) mass is 220 g/mol. The van der Waals surface area contributed by atoms with E-state index in [1.807, 2.05) is 12.1 Å². The minimum absolute atomic E-state index is 0.0921. The van der Waals surface area contributed by atoms with Crippen molar-refractivity contribution in [3.8, 4) is 5.75 Å². The van der Waals surface area contributed by atoms with Crippen molar-refractivity contribution >= 4 is 0 Å². The first-order valence-electron chi connectivity index (χ1n) is 5.99. The van der Waals surface area contributed by atoms with Crippen LogP contribution in [0.4, 0.5) is 0 Å². The molecule has 0 atom stereocenters. The fourth-order valence-electron chi connectivity index (χ4n) is 1.97. The fraction of sp³-hybridized carbons (Fsp3) is 0.600. The smallest absolute Gasteiger partial charge is 0.115 e. The van der Waals surface area contributed by atoms with E-state index in [9.17, 15) is 5.11 Å². The Labute approximate surface area is 99.5 Å². The van der Waals surface area contributed by atoms with E-state index >= 15 is 0 Å². The predicted octanol–water partition coefficient (Wildman–Crippen LogP) is 4.35. The van der Waals surface area contributed by atoms with Crippen molar-refractivity contribution in [1.29, 1.82) is 0 Å². The first-order chi connectivity index (χ1) is 7.19. The first kappa shape index (κ1) is 13.1. The zero-order valence-corrected chi connectivity index (χ0v) is 11.3. The molecule has 0 radical (unpaired) electrons. The number of aromatic hydroxyl groups is 1. The van der Waals surface area contributed by atoms with Crippen LogP contribution < -0.4 is 0 Å². The number of phenols is 1. The second-order valence-corrected chi connectivity index (χ2v) is 6.05. The second kappa shape index (κ2) is 4.12. The highest BCUT2D eigenvalue weighted by molar-refractivity contribution is 5.32. The average Bonchev–Trinajstić information content (AvgIpc) is 2.17. The van der Waals surface area contributed by atoms with E-state index in [1.54, 1.807) is 12.1 Å². The molecule has 0 heterocycles. The molecule has 0 bridgehead atoms. The molecule has 1 aromatic carbocycles. The second-order valence-electron chi connectivity index (χ2n) is 6.05. The molecule has 0 unspecified atom stereocenters. The van der Waals surface area contributed by atoms with E-state index in [0.717, 1.165) is 0 Å². The van der Waals surface area contributed by atoms with Crippen molar-refractivity contribution in [1.82, 2.24) is 0 Å². The molecule has 1 rings (SSSR count). The topological polar surface area (TPSA) is 20.2 Å². The van der Waals surface area contributed by atoms with Crippen LogP contribution in [0, 0.1) is 11.3 Å². The summed E-state index contributed by atoms with van der Waals surface area (Å²) in [6.45, 7) is 13.7. The van der Waals surface area contributed by atoms with Crippen LogP contribution >= 0.6 is 0 Å². The minimum Gasteiger partial charge on any atom is -0.508 e. The van der Waals surface area contributed by atoms with E-state index in [0.29, 0.717) is 11.7 Å². The van der Waals surface area contributed by atoms with Gasteiger partial charge in [0, 0.05) is 0 Å². The molecule has 0 saturated carbocycles. The summed E-state index contributed by atoms with van der Waals surface area (Å²) in [4.78, 5) is 0. The molecule has 0 fully saturated rings. The number of hydrogen-bond donors (Lipinski definition) is 1. The van der Waals surface area contributed by atoms with E-state index < -0.39 is 0 Å². The third kappa shape index (κ3) is 2.09. The van der Waals surface area contributed by atoms with Gasteiger partial charge >= 0.3 is 0 Å². The Morgan fingerprint density at radius 3 is 1.75 bits per heavy atom. The van der Waals surface area contributed by atoms with Crippen LogP contribution in [-0.2, 0) is 5.41 Å². The van der Waals surface area contributed by atoms with Crippen LogP contribution in [0.25, 0.3) is 0 Å². The maximum absolute atomic E-state index is 9.33. The van der Waals surface area contributed by atoms with Crippen LogP contribution in [-0.4, -0.2) is 5.11 Å². The van der Waals surface area contributed by atoms with Gasteiger partial charge in [-0.2, -0.15) is 0 Å². The van der Waals surface area contributed by atoms with Gasteiger partial charge in [-0.15, -0.1) is 0 Å². The zero-order valence-electron chi connectivity index (χ0n) is 11.3. The number of rotatable bonds is 3. The molecule has 0 amide bonds. The summed E-state index contributed by atoms with van der Waals surface area (Å²) in [5.74, 6) is 0.943. The SMILES string of the molecule is CC(C)C(C)(C)C(C)(C)c1ccc(O)cc1. The van der Waals surface area contributed by atoms with E-state index in [1.165, 1.54) is 5.56 Å². The summed E-state index contributed by atoms with van der Waals surface area (Å²) in [5.41, 5.74) is 1.59. The summed E-state index contributed by atoms with van der Waals surface area (Å²) >= 11 is 0. The Hall–Kier alpha value is -0.980. The third-order valence-electron chi connectivity index (χ3n) is 4.64. The molecule has 0 aliphatic rings. The highest BCUT2D eigenvalue weighted by Crippen LogP contribution is 2.46. The van der Waals surface area contributed by atoms with Crippen molar-refractivity contribution in [2.45, 2.75) is 47.0 Å². The Kier molecular flexibility index (Phi) is 3.37. The molecule has 1 heteroatoms. The molecule has 0 aliphatic carbocycles. The Morgan fingerprint density at radius 1 is 0.938 bits per heavy atom. The Balaban J connectivity index is 3.15. The molecule has 1 aromatic rings. The van der Waals surface area contributed by atoms with Gasteiger partial charge in [-0.1, -0.05) is 53.7 Å². The molecule has 0 aromatic heterocycles. The van der Waals surface area contributed by atoms with Gasteiger partial charge in [0.15, 0.2) is 0 Å². The van der Waals surface area contributed by atoms with Crippen LogP contribution in [0.3, 0.4) is 0 Å². The third-order valence-corrected chi connectivity index (χ3v) is 4.64. The van der Waals surface area contributed by atoms with Gasteiger partial charge in [0.2, 0.25) is 0 Å². The molecule has 1 N–H and O–H groups in total. The lowest BCUT2D eigenvalue weighted by Gasteiger charge is -2.45. The Morgan fingerprint density at radius 2 is 1.38 bits per heavy atom. The van der Waals surface area contributed by atoms with Gasteiger partial charge in [0.25, 0.3) is 0 Å². The summed E-state index contributed by atoms with van der Waals surface area (Å²) in [6, 6.07) is 7.60. The van der Waals surface area contributed by atoms with Crippen LogP contribution in [0.5, 0.6) is 5.75 Å². The van der Waals surface area contributed by atoms with E-state index in [-0.39, 0.29) is 10.8 Å². The lowest BCUT2D eigenvalue weighted by atomic mass is 9.59. The van der Waals surface area contributed by atoms with Gasteiger partial charge in [-0.3, -0.25) is 0 Å². The summed E-state index contributed by atoms with van der Waals surface area (Å²) in [6.07, 6.45) is 0. The van der Waals surface area contributed by atoms with Crippen molar-refractivity contribution in [3.63, 3.8) is 0 Å². The van der Waals surface area contributed by atoms with Crippen molar-refractivity contribution in [2.24, 2.45) is 11.3 Å². The largest absolute Gasteiger partial charge is 0.508 e. The van der Waals surface area contributed by atoms with Gasteiger partial charge in [0.1, 0.15) is 5.75 Å². The van der Waals surface area contributed by atoms with Crippen LogP contribution in [0.2, 0.25) is 0 Å². The standard InChI is InChI=1S/C15H24O/c1-11(2)14(3,4)15(5,6)12-7-9-13(16)10-8-12/h7-11,16H,1-6H3. The van der Waals surface area contributed by atoms with Crippen molar-refractivity contribution in [3.05, 3.63) is 29.8 Å². The molecular formula is C15H24O. The molecular weight excluding hydrogens is 196 g/mol. The highest BCUT2D eigenvalue weighted by atomic mass is 16.3. The maximum atomic E-state index is 9.33. The Bertz CT molecular complexity index is 344. The molecule has 16 heavy (non-hydrogen) atoms. The van der Waals surface area contributed by atoms with E-state index in [2.05, 4.69) is 41.5 Å². The van der Waals surface area contributed by atoms with Gasteiger partial charge in [-0.25, -0.2) is 0 Å². The van der Waals surface area contributed by atoms with Gasteiger partial charge in [-0.05, 0) is 34.4 Å². The van der Waals surface area contributed by atoms with Crippen LogP contribution in [0.15, 0.2) is 24.3 Å². The fourth-order valence-corrected chi connectivity index (χ4v) is 1.97.